The summed E-state index contributed by atoms with van der Waals surface area (Å²) in [5.41, 5.74) is -0.491. The number of ether oxygens (including phenoxy) is 1. The molecule has 29 heavy (non-hydrogen) atoms. The number of nitrogens with zero attached hydrogens (tertiary/aromatic N) is 4. The average molecular weight is 411 g/mol. The number of carbonyl (C=O) groups excluding carboxylic acids is 2. The molecular formula is C20H38N6O3. The summed E-state index contributed by atoms with van der Waals surface area (Å²) in [7, 11) is 0. The lowest BCUT2D eigenvalue weighted by Gasteiger charge is -2.33. The van der Waals surface area contributed by atoms with E-state index in [-0.39, 0.29) is 18.0 Å². The van der Waals surface area contributed by atoms with Crippen LogP contribution < -0.4 is 10.6 Å². The predicted molar refractivity (Wildman–Crippen MR) is 114 cm³/mol. The third-order valence-electron chi connectivity index (χ3n) is 5.04. The van der Waals surface area contributed by atoms with Gasteiger partial charge in [-0.3, -0.25) is 14.7 Å². The average Bonchev–Trinajstić information content (AvgIpc) is 3.08. The Balaban J connectivity index is 1.78. The van der Waals surface area contributed by atoms with E-state index in [0.29, 0.717) is 6.54 Å². The normalized spacial score (nSPS) is 21.3. The number of nitrogens with one attached hydrogen (secondary N) is 2. The molecule has 0 aromatic heterocycles. The van der Waals surface area contributed by atoms with Gasteiger partial charge >= 0.3 is 6.09 Å². The zero-order chi connectivity index (χ0) is 21.4. The Kier molecular flexibility index (Phi) is 8.55. The van der Waals surface area contributed by atoms with E-state index in [1.165, 1.54) is 0 Å². The van der Waals surface area contributed by atoms with Gasteiger partial charge in [0.2, 0.25) is 5.91 Å². The first-order valence-electron chi connectivity index (χ1n) is 10.7. The Morgan fingerprint density at radius 1 is 1.10 bits per heavy atom. The molecule has 2 aliphatic heterocycles. The highest BCUT2D eigenvalue weighted by Crippen LogP contribution is 2.12. The van der Waals surface area contributed by atoms with E-state index in [1.54, 1.807) is 6.92 Å². The number of guanidine groups is 1. The van der Waals surface area contributed by atoms with Gasteiger partial charge < -0.3 is 25.2 Å². The number of amides is 2. The summed E-state index contributed by atoms with van der Waals surface area (Å²) in [6.07, 6.45) is 0.507. The maximum absolute atomic E-state index is 12.0. The maximum Gasteiger partial charge on any atom is 0.407 e. The molecule has 2 saturated heterocycles. The van der Waals surface area contributed by atoms with Crippen LogP contribution in [0.15, 0.2) is 4.99 Å². The number of aliphatic imine (C=N–C) groups is 1. The molecule has 1 atom stereocenters. The molecule has 1 unspecified atom stereocenters. The van der Waals surface area contributed by atoms with Gasteiger partial charge in [-0.15, -0.1) is 0 Å². The smallest absolute Gasteiger partial charge is 0.407 e. The summed E-state index contributed by atoms with van der Waals surface area (Å²) < 4.78 is 5.35. The first-order chi connectivity index (χ1) is 13.7. The summed E-state index contributed by atoms with van der Waals surface area (Å²) in [6.45, 7) is 16.6. The lowest BCUT2D eigenvalue weighted by atomic mass is 10.2. The predicted octanol–water partition coefficient (Wildman–Crippen LogP) is 0.715. The zero-order valence-corrected chi connectivity index (χ0v) is 18.7. The zero-order valence-electron chi connectivity index (χ0n) is 18.7. The molecule has 0 bridgehead atoms. The van der Waals surface area contributed by atoms with Crippen molar-refractivity contribution in [2.45, 2.75) is 52.7 Å². The summed E-state index contributed by atoms with van der Waals surface area (Å²) in [5.74, 6) is 1.05. The van der Waals surface area contributed by atoms with Crippen LogP contribution in [0.1, 0.15) is 41.0 Å². The number of hydrogen-bond acceptors (Lipinski definition) is 5. The van der Waals surface area contributed by atoms with Gasteiger partial charge in [-0.1, -0.05) is 0 Å². The summed E-state index contributed by atoms with van der Waals surface area (Å²) >= 11 is 0. The molecule has 9 heteroatoms. The Hall–Kier alpha value is -2.03. The lowest BCUT2D eigenvalue weighted by molar-refractivity contribution is -0.130. The van der Waals surface area contributed by atoms with Crippen LogP contribution in [0.25, 0.3) is 0 Å². The van der Waals surface area contributed by atoms with E-state index in [4.69, 9.17) is 9.73 Å². The molecule has 9 nitrogen and oxygen atoms in total. The van der Waals surface area contributed by atoms with Crippen LogP contribution >= 0.6 is 0 Å². The van der Waals surface area contributed by atoms with Crippen molar-refractivity contribution in [3.63, 3.8) is 0 Å². The van der Waals surface area contributed by atoms with Crippen LogP contribution in [0.2, 0.25) is 0 Å². The molecule has 2 heterocycles. The van der Waals surface area contributed by atoms with Crippen molar-refractivity contribution in [3.05, 3.63) is 0 Å². The van der Waals surface area contributed by atoms with Crippen LogP contribution in [-0.2, 0) is 9.53 Å². The number of rotatable bonds is 5. The Bertz CT molecular complexity index is 581. The maximum atomic E-state index is 12.0. The third-order valence-corrected chi connectivity index (χ3v) is 5.04. The summed E-state index contributed by atoms with van der Waals surface area (Å²) in [4.78, 5) is 34.6. The number of carbonyl (C=O) groups is 2. The molecule has 2 N–H and O–H groups in total. The SMILES string of the molecule is CCNC(=NCCN1CCN(C(C)=O)CC1)N1CCC(NC(=O)OC(C)(C)C)C1. The van der Waals surface area contributed by atoms with E-state index in [2.05, 4.69) is 27.4 Å². The summed E-state index contributed by atoms with van der Waals surface area (Å²) in [5, 5.41) is 6.31. The molecule has 0 aromatic rings. The van der Waals surface area contributed by atoms with Crippen LogP contribution in [0.5, 0.6) is 0 Å². The van der Waals surface area contributed by atoms with Gasteiger partial charge in [0.15, 0.2) is 5.96 Å². The molecule has 2 rings (SSSR count). The Morgan fingerprint density at radius 3 is 2.38 bits per heavy atom. The molecule has 0 aromatic carbocycles. The molecule has 0 saturated carbocycles. The Labute approximate surface area is 174 Å². The highest BCUT2D eigenvalue weighted by molar-refractivity contribution is 5.80. The van der Waals surface area contributed by atoms with E-state index in [1.807, 2.05) is 25.7 Å². The Morgan fingerprint density at radius 2 is 1.79 bits per heavy atom. The van der Waals surface area contributed by atoms with Gasteiger partial charge in [-0.25, -0.2) is 4.79 Å². The van der Waals surface area contributed by atoms with Crippen molar-refractivity contribution in [1.82, 2.24) is 25.3 Å². The molecule has 2 fully saturated rings. The van der Waals surface area contributed by atoms with Crippen LogP contribution in [-0.4, -0.2) is 103 Å². The second-order valence-electron chi connectivity index (χ2n) is 8.66. The number of piperazine rings is 1. The molecule has 0 radical (unpaired) electrons. The molecule has 0 spiro atoms. The van der Waals surface area contributed by atoms with Gasteiger partial charge in [0, 0.05) is 59.3 Å². The second-order valence-corrected chi connectivity index (χ2v) is 8.66. The molecular weight excluding hydrogens is 372 g/mol. The number of hydrogen-bond donors (Lipinski definition) is 2. The van der Waals surface area contributed by atoms with Crippen LogP contribution in [0.4, 0.5) is 4.79 Å². The number of alkyl carbamates (subject to hydrolysis) is 1. The minimum Gasteiger partial charge on any atom is -0.444 e. The van der Waals surface area contributed by atoms with E-state index >= 15 is 0 Å². The van der Waals surface area contributed by atoms with Gasteiger partial charge in [-0.05, 0) is 34.1 Å². The fourth-order valence-electron chi connectivity index (χ4n) is 3.55. The first-order valence-corrected chi connectivity index (χ1v) is 10.7. The number of likely N-dealkylation sites (tertiary alicyclic amines) is 1. The quantitative estimate of drug-likeness (QED) is 0.513. The van der Waals surface area contributed by atoms with E-state index in [9.17, 15) is 9.59 Å². The van der Waals surface area contributed by atoms with Crippen molar-refractivity contribution < 1.29 is 14.3 Å². The lowest BCUT2D eigenvalue weighted by Crippen LogP contribution is -2.48. The van der Waals surface area contributed by atoms with Crippen molar-refractivity contribution >= 4 is 18.0 Å². The monoisotopic (exact) mass is 410 g/mol. The molecule has 0 aliphatic carbocycles. The largest absolute Gasteiger partial charge is 0.444 e. The van der Waals surface area contributed by atoms with Crippen molar-refractivity contribution in [2.75, 3.05) is 58.9 Å². The fourth-order valence-corrected chi connectivity index (χ4v) is 3.55. The van der Waals surface area contributed by atoms with Gasteiger partial charge in [0.25, 0.3) is 0 Å². The van der Waals surface area contributed by atoms with Crippen molar-refractivity contribution in [2.24, 2.45) is 4.99 Å². The van der Waals surface area contributed by atoms with E-state index in [0.717, 1.165) is 64.7 Å². The van der Waals surface area contributed by atoms with Crippen molar-refractivity contribution in [1.29, 1.82) is 0 Å². The fraction of sp³-hybridized carbons (Fsp3) is 0.850. The first kappa shape index (κ1) is 23.3. The molecule has 2 aliphatic rings. The third kappa shape index (κ3) is 8.08. The highest BCUT2D eigenvalue weighted by atomic mass is 16.6. The standard InChI is InChI=1S/C20H38N6O3/c1-6-21-18(22-8-10-24-11-13-25(14-12-24)16(2)27)26-9-7-17(15-26)23-19(28)29-20(3,4)5/h17H,6-15H2,1-5H3,(H,21,22)(H,23,28). The van der Waals surface area contributed by atoms with Gasteiger partial charge in [0.05, 0.1) is 12.6 Å². The second kappa shape index (κ2) is 10.7. The van der Waals surface area contributed by atoms with Gasteiger partial charge in [-0.2, -0.15) is 0 Å². The topological polar surface area (TPSA) is 89.5 Å². The van der Waals surface area contributed by atoms with Gasteiger partial charge in [0.1, 0.15) is 5.60 Å². The minimum atomic E-state index is -0.491. The van der Waals surface area contributed by atoms with Crippen LogP contribution in [0.3, 0.4) is 0 Å². The molecule has 166 valence electrons. The molecule has 2 amide bonds. The highest BCUT2D eigenvalue weighted by Gasteiger charge is 2.28. The van der Waals surface area contributed by atoms with Crippen LogP contribution in [0, 0.1) is 0 Å². The minimum absolute atomic E-state index is 0.0633. The summed E-state index contributed by atoms with van der Waals surface area (Å²) in [6, 6.07) is 0.0633. The van der Waals surface area contributed by atoms with Crippen molar-refractivity contribution in [3.8, 4) is 0 Å². The van der Waals surface area contributed by atoms with E-state index < -0.39 is 5.60 Å².